The predicted molar refractivity (Wildman–Crippen MR) is 49.8 cm³/mol. The summed E-state index contributed by atoms with van der Waals surface area (Å²) in [5.74, 6) is 0.214. The Morgan fingerprint density at radius 2 is 1.67 bits per heavy atom. The van der Waals surface area contributed by atoms with E-state index < -0.39 is 0 Å². The van der Waals surface area contributed by atoms with Crippen molar-refractivity contribution in [1.29, 1.82) is 0 Å². The number of benzene rings is 1. The zero-order chi connectivity index (χ0) is 8.27. The average molecular weight is 190 g/mol. The summed E-state index contributed by atoms with van der Waals surface area (Å²) in [7, 11) is 0. The van der Waals surface area contributed by atoms with Gasteiger partial charge in [-0.15, -0.1) is 12.4 Å². The zero-order valence-corrected chi connectivity index (χ0v) is 7.34. The molecular formula is C8H12ClNO2. The third-order valence-electron chi connectivity index (χ3n) is 1.52. The van der Waals surface area contributed by atoms with Crippen molar-refractivity contribution in [3.05, 3.63) is 23.8 Å². The normalized spacial score (nSPS) is 9.08. The smallest absolute Gasteiger partial charge is 0.122 e. The molecule has 68 valence electrons. The lowest BCUT2D eigenvalue weighted by Crippen LogP contribution is -2.02. The number of hydrogen-bond donors (Lipinski definition) is 3. The Morgan fingerprint density at radius 3 is 2.08 bits per heavy atom. The lowest BCUT2D eigenvalue weighted by atomic mass is 10.1. The standard InChI is InChI=1S/C8H11NO2.ClH/c9-5-4-6-7(10)2-1-3-8(6)11;/h1-3,10-11H,4-5,9H2;1H. The summed E-state index contributed by atoms with van der Waals surface area (Å²) in [6.07, 6.45) is 0.499. The van der Waals surface area contributed by atoms with Gasteiger partial charge in [0.15, 0.2) is 0 Å². The third kappa shape index (κ3) is 2.29. The molecule has 0 aliphatic heterocycles. The van der Waals surface area contributed by atoms with Crippen LogP contribution in [0.2, 0.25) is 0 Å². The summed E-state index contributed by atoms with van der Waals surface area (Å²) in [6.45, 7) is 0.422. The lowest BCUT2D eigenvalue weighted by molar-refractivity contribution is 0.438. The highest BCUT2D eigenvalue weighted by Crippen LogP contribution is 2.25. The van der Waals surface area contributed by atoms with E-state index in [1.165, 1.54) is 12.1 Å². The van der Waals surface area contributed by atoms with Crippen LogP contribution in [-0.2, 0) is 6.42 Å². The maximum atomic E-state index is 9.21. The fourth-order valence-corrected chi connectivity index (χ4v) is 0.963. The van der Waals surface area contributed by atoms with E-state index in [9.17, 15) is 10.2 Å². The fourth-order valence-electron chi connectivity index (χ4n) is 0.963. The van der Waals surface area contributed by atoms with Crippen molar-refractivity contribution in [1.82, 2.24) is 0 Å². The van der Waals surface area contributed by atoms with Crippen molar-refractivity contribution in [2.24, 2.45) is 5.73 Å². The van der Waals surface area contributed by atoms with Gasteiger partial charge in [-0.2, -0.15) is 0 Å². The summed E-state index contributed by atoms with van der Waals surface area (Å²) in [6, 6.07) is 4.65. The molecule has 0 spiro atoms. The second kappa shape index (κ2) is 4.85. The molecule has 0 unspecified atom stereocenters. The Balaban J connectivity index is 0.00000121. The van der Waals surface area contributed by atoms with Crippen molar-refractivity contribution in [3.63, 3.8) is 0 Å². The Hall–Kier alpha value is -0.930. The number of halogens is 1. The molecule has 4 N–H and O–H groups in total. The maximum Gasteiger partial charge on any atom is 0.122 e. The second-order valence-corrected chi connectivity index (χ2v) is 2.31. The SMILES string of the molecule is Cl.NCCc1c(O)cccc1O. The van der Waals surface area contributed by atoms with Gasteiger partial charge in [0.1, 0.15) is 11.5 Å². The first-order valence-electron chi connectivity index (χ1n) is 3.45. The number of nitrogens with two attached hydrogens (primary N) is 1. The Labute approximate surface area is 77.2 Å². The van der Waals surface area contributed by atoms with Gasteiger partial charge in [-0.3, -0.25) is 0 Å². The minimum atomic E-state index is 0. The largest absolute Gasteiger partial charge is 0.508 e. The van der Waals surface area contributed by atoms with Gasteiger partial charge < -0.3 is 15.9 Å². The zero-order valence-electron chi connectivity index (χ0n) is 6.53. The number of hydrogen-bond acceptors (Lipinski definition) is 3. The molecule has 0 atom stereocenters. The van der Waals surface area contributed by atoms with Crippen molar-refractivity contribution in [3.8, 4) is 11.5 Å². The maximum absolute atomic E-state index is 9.21. The highest BCUT2D eigenvalue weighted by Gasteiger charge is 2.03. The quantitative estimate of drug-likeness (QED) is 0.651. The van der Waals surface area contributed by atoms with Gasteiger partial charge >= 0.3 is 0 Å². The van der Waals surface area contributed by atoms with Crippen LogP contribution in [0, 0.1) is 0 Å². The van der Waals surface area contributed by atoms with E-state index in [0.29, 0.717) is 18.5 Å². The van der Waals surface area contributed by atoms with E-state index in [-0.39, 0.29) is 23.9 Å². The molecule has 0 saturated carbocycles. The second-order valence-electron chi connectivity index (χ2n) is 2.31. The highest BCUT2D eigenvalue weighted by molar-refractivity contribution is 5.85. The molecule has 0 aliphatic rings. The predicted octanol–water partition coefficient (Wildman–Crippen LogP) is 1.02. The lowest BCUT2D eigenvalue weighted by Gasteiger charge is -2.03. The Bertz CT molecular complexity index is 233. The summed E-state index contributed by atoms with van der Waals surface area (Å²) in [5.41, 5.74) is 5.80. The van der Waals surface area contributed by atoms with Gasteiger partial charge in [0, 0.05) is 5.56 Å². The molecule has 0 aromatic heterocycles. The van der Waals surface area contributed by atoms with Crippen LogP contribution in [0.1, 0.15) is 5.56 Å². The van der Waals surface area contributed by atoms with Gasteiger partial charge in [-0.05, 0) is 25.1 Å². The molecule has 0 heterocycles. The van der Waals surface area contributed by atoms with Gasteiger partial charge in [0.2, 0.25) is 0 Å². The summed E-state index contributed by atoms with van der Waals surface area (Å²) in [5, 5.41) is 18.4. The van der Waals surface area contributed by atoms with E-state index in [1.807, 2.05) is 0 Å². The number of aromatic hydroxyl groups is 2. The topological polar surface area (TPSA) is 66.5 Å². The van der Waals surface area contributed by atoms with Gasteiger partial charge in [0.25, 0.3) is 0 Å². The van der Waals surface area contributed by atoms with E-state index in [2.05, 4.69) is 0 Å². The first kappa shape index (κ1) is 11.1. The van der Waals surface area contributed by atoms with Gasteiger partial charge in [-0.25, -0.2) is 0 Å². The van der Waals surface area contributed by atoms with Crippen LogP contribution < -0.4 is 5.73 Å². The minimum Gasteiger partial charge on any atom is -0.508 e. The first-order chi connectivity index (χ1) is 5.25. The number of phenols is 2. The highest BCUT2D eigenvalue weighted by atomic mass is 35.5. The molecule has 0 radical (unpaired) electrons. The summed E-state index contributed by atoms with van der Waals surface area (Å²) < 4.78 is 0. The van der Waals surface area contributed by atoms with E-state index >= 15 is 0 Å². The summed E-state index contributed by atoms with van der Waals surface area (Å²) >= 11 is 0. The molecule has 4 heteroatoms. The molecule has 1 aromatic carbocycles. The van der Waals surface area contributed by atoms with Crippen molar-refractivity contribution >= 4 is 12.4 Å². The average Bonchev–Trinajstić information content (AvgIpc) is 1.97. The molecule has 3 nitrogen and oxygen atoms in total. The number of phenolic OH excluding ortho intramolecular Hbond substituents is 2. The Kier molecular flexibility index (Phi) is 4.47. The molecular weight excluding hydrogens is 178 g/mol. The molecule has 0 aliphatic carbocycles. The number of rotatable bonds is 2. The van der Waals surface area contributed by atoms with Crippen LogP contribution in [0.25, 0.3) is 0 Å². The van der Waals surface area contributed by atoms with Crippen molar-refractivity contribution in [2.75, 3.05) is 6.54 Å². The molecule has 0 fully saturated rings. The van der Waals surface area contributed by atoms with E-state index in [1.54, 1.807) is 6.07 Å². The van der Waals surface area contributed by atoms with Crippen LogP contribution in [0.15, 0.2) is 18.2 Å². The van der Waals surface area contributed by atoms with Crippen LogP contribution in [-0.4, -0.2) is 16.8 Å². The fraction of sp³-hybridized carbons (Fsp3) is 0.250. The van der Waals surface area contributed by atoms with Crippen LogP contribution >= 0.6 is 12.4 Å². The van der Waals surface area contributed by atoms with Gasteiger partial charge in [0.05, 0.1) is 0 Å². The van der Waals surface area contributed by atoms with Crippen LogP contribution in [0.4, 0.5) is 0 Å². The van der Waals surface area contributed by atoms with Gasteiger partial charge in [-0.1, -0.05) is 6.07 Å². The first-order valence-corrected chi connectivity index (χ1v) is 3.45. The van der Waals surface area contributed by atoms with Crippen LogP contribution in [0.5, 0.6) is 11.5 Å². The molecule has 0 amide bonds. The molecule has 12 heavy (non-hydrogen) atoms. The summed E-state index contributed by atoms with van der Waals surface area (Å²) in [4.78, 5) is 0. The van der Waals surface area contributed by atoms with E-state index in [4.69, 9.17) is 5.73 Å². The molecule has 1 aromatic rings. The molecule has 0 bridgehead atoms. The minimum absolute atomic E-state index is 0. The molecule has 1 rings (SSSR count). The van der Waals surface area contributed by atoms with Crippen molar-refractivity contribution < 1.29 is 10.2 Å². The van der Waals surface area contributed by atoms with E-state index in [0.717, 1.165) is 0 Å². The monoisotopic (exact) mass is 189 g/mol. The third-order valence-corrected chi connectivity index (χ3v) is 1.52. The molecule has 0 saturated heterocycles. The van der Waals surface area contributed by atoms with Crippen molar-refractivity contribution in [2.45, 2.75) is 6.42 Å². The Morgan fingerprint density at radius 1 is 1.17 bits per heavy atom. The van der Waals surface area contributed by atoms with Crippen LogP contribution in [0.3, 0.4) is 0 Å².